The smallest absolute Gasteiger partial charge is 0.123 e. The molecule has 3 aromatic carbocycles. The second-order valence-corrected chi connectivity index (χ2v) is 11.1. The summed E-state index contributed by atoms with van der Waals surface area (Å²) in [5, 5.41) is 8.45. The number of piperazine rings is 1. The Kier molecular flexibility index (Phi) is 8.07. The molecule has 6 rings (SSSR count). The highest BCUT2D eigenvalue weighted by Crippen LogP contribution is 2.36. The van der Waals surface area contributed by atoms with Gasteiger partial charge in [-0.1, -0.05) is 60.1 Å². The summed E-state index contributed by atoms with van der Waals surface area (Å²) < 4.78 is 13.5. The number of nitrogens with zero attached hydrogens (tertiary/aromatic N) is 4. The maximum atomic E-state index is 13.5. The number of rotatable bonds is 8. The predicted molar refractivity (Wildman–Crippen MR) is 156 cm³/mol. The average molecular weight is 544 g/mol. The third-order valence-corrected chi connectivity index (χ3v) is 8.42. The van der Waals surface area contributed by atoms with Crippen LogP contribution < -0.4 is 0 Å². The summed E-state index contributed by atoms with van der Waals surface area (Å²) in [5.74, 6) is -0.219. The van der Waals surface area contributed by atoms with E-state index in [1.807, 2.05) is 36.5 Å². The van der Waals surface area contributed by atoms with Crippen molar-refractivity contribution < 1.29 is 4.39 Å². The van der Waals surface area contributed by atoms with E-state index in [-0.39, 0.29) is 11.9 Å². The molecule has 3 heterocycles. The Balaban J connectivity index is 1.26. The molecule has 2 aliphatic heterocycles. The van der Waals surface area contributed by atoms with Crippen LogP contribution in [0.5, 0.6) is 0 Å². The van der Waals surface area contributed by atoms with Gasteiger partial charge in [-0.3, -0.25) is 14.9 Å². The van der Waals surface area contributed by atoms with Crippen molar-refractivity contribution in [1.29, 1.82) is 0 Å². The summed E-state index contributed by atoms with van der Waals surface area (Å²) in [4.78, 5) is 7.79. The number of hydrogen-bond acceptors (Lipinski definition) is 4. The third-order valence-electron chi connectivity index (χ3n) is 8.18. The summed E-state index contributed by atoms with van der Waals surface area (Å²) in [7, 11) is 0. The lowest BCUT2D eigenvalue weighted by Crippen LogP contribution is -2.49. The van der Waals surface area contributed by atoms with Gasteiger partial charge in [0.25, 0.3) is 0 Å². The summed E-state index contributed by atoms with van der Waals surface area (Å²) in [6.07, 6.45) is 4.65. The van der Waals surface area contributed by atoms with Crippen molar-refractivity contribution in [3.63, 3.8) is 0 Å². The maximum Gasteiger partial charge on any atom is 0.123 e. The Hall–Kier alpha value is -3.03. The van der Waals surface area contributed by atoms with E-state index in [2.05, 4.69) is 55.2 Å². The second kappa shape index (κ2) is 12.0. The quantitative estimate of drug-likeness (QED) is 0.281. The van der Waals surface area contributed by atoms with Gasteiger partial charge >= 0.3 is 0 Å². The zero-order chi connectivity index (χ0) is 26.6. The Labute approximate surface area is 235 Å². The molecule has 5 nitrogen and oxygen atoms in total. The van der Waals surface area contributed by atoms with Gasteiger partial charge in [-0.15, -0.1) is 0 Å². The molecule has 0 radical (unpaired) electrons. The van der Waals surface area contributed by atoms with E-state index in [1.165, 1.54) is 50.2 Å². The number of likely N-dealkylation sites (tertiary alicyclic amines) is 1. The van der Waals surface area contributed by atoms with Crippen molar-refractivity contribution >= 4 is 11.6 Å². The lowest BCUT2D eigenvalue weighted by Gasteiger charge is -2.40. The van der Waals surface area contributed by atoms with Crippen LogP contribution in [0.2, 0.25) is 5.02 Å². The van der Waals surface area contributed by atoms with E-state index in [0.29, 0.717) is 5.02 Å². The molecule has 0 saturated carbocycles. The van der Waals surface area contributed by atoms with Crippen LogP contribution in [0.3, 0.4) is 0 Å². The van der Waals surface area contributed by atoms with Gasteiger partial charge in [0.15, 0.2) is 0 Å². The summed E-state index contributed by atoms with van der Waals surface area (Å²) in [5.41, 5.74) is 6.49. The largest absolute Gasteiger partial charge is 0.302 e. The van der Waals surface area contributed by atoms with Gasteiger partial charge < -0.3 is 4.90 Å². The van der Waals surface area contributed by atoms with Crippen LogP contribution in [0.25, 0.3) is 22.4 Å². The second-order valence-electron chi connectivity index (χ2n) is 10.7. The summed E-state index contributed by atoms with van der Waals surface area (Å²) in [6.45, 7) is 8.92. The first-order chi connectivity index (χ1) is 19.1. The number of nitrogens with one attached hydrogen (secondary N) is 1. The van der Waals surface area contributed by atoms with E-state index in [4.69, 9.17) is 11.6 Å². The minimum absolute atomic E-state index is 0.0562. The monoisotopic (exact) mass is 543 g/mol. The molecule has 2 saturated heterocycles. The van der Waals surface area contributed by atoms with Crippen LogP contribution >= 0.6 is 11.6 Å². The Bertz CT molecular complexity index is 1360. The SMILES string of the molecule is Fc1ccc(-c2ccc(C(c3cn[nH]c3-c3cccc(Cl)c3)N3CCN(CCN4CCCC4)CC3)cc2)cc1. The molecule has 7 heteroatoms. The van der Waals surface area contributed by atoms with Crippen LogP contribution in [-0.4, -0.2) is 77.3 Å². The molecular formula is C32H35ClFN5. The van der Waals surface area contributed by atoms with Gasteiger partial charge in [0.1, 0.15) is 5.82 Å². The highest BCUT2D eigenvalue weighted by atomic mass is 35.5. The summed E-state index contributed by atoms with van der Waals surface area (Å²) >= 11 is 6.36. The minimum Gasteiger partial charge on any atom is -0.302 e. The molecule has 2 aliphatic rings. The van der Waals surface area contributed by atoms with E-state index in [9.17, 15) is 4.39 Å². The maximum absolute atomic E-state index is 13.5. The molecule has 0 amide bonds. The zero-order valence-electron chi connectivity index (χ0n) is 22.2. The number of aromatic nitrogens is 2. The highest BCUT2D eigenvalue weighted by molar-refractivity contribution is 6.30. The molecule has 2 fully saturated rings. The zero-order valence-corrected chi connectivity index (χ0v) is 23.0. The topological polar surface area (TPSA) is 38.4 Å². The molecule has 4 aromatic rings. The number of hydrogen-bond donors (Lipinski definition) is 1. The fourth-order valence-electron chi connectivity index (χ4n) is 6.00. The highest BCUT2D eigenvalue weighted by Gasteiger charge is 2.30. The van der Waals surface area contributed by atoms with Gasteiger partial charge in [0.05, 0.1) is 17.9 Å². The molecule has 1 unspecified atom stereocenters. The third kappa shape index (κ3) is 6.10. The fraction of sp³-hybridized carbons (Fsp3) is 0.344. The van der Waals surface area contributed by atoms with E-state index in [1.54, 1.807) is 0 Å². The predicted octanol–water partition coefficient (Wildman–Crippen LogP) is 6.34. The van der Waals surface area contributed by atoms with Gasteiger partial charge in [-0.2, -0.15) is 5.10 Å². The van der Waals surface area contributed by atoms with Crippen LogP contribution in [0.15, 0.2) is 79.0 Å². The van der Waals surface area contributed by atoms with Crippen LogP contribution in [0.1, 0.15) is 30.0 Å². The first-order valence-corrected chi connectivity index (χ1v) is 14.4. The van der Waals surface area contributed by atoms with Crippen molar-refractivity contribution in [3.05, 3.63) is 101 Å². The van der Waals surface area contributed by atoms with Crippen molar-refractivity contribution in [2.75, 3.05) is 52.4 Å². The molecule has 202 valence electrons. The standard InChI is InChI=1S/C32H35ClFN5/c33-28-5-3-4-27(22-28)31-30(23-35-36-31)32(26-8-6-24(7-9-26)25-10-12-29(34)13-11-25)39-20-18-38(19-21-39)17-16-37-14-1-2-15-37/h3-13,22-23,32H,1-2,14-21H2,(H,35,36). The normalized spacial score (nSPS) is 18.0. The van der Waals surface area contributed by atoms with E-state index < -0.39 is 0 Å². The number of halogens is 2. The first-order valence-electron chi connectivity index (χ1n) is 14.0. The Morgan fingerprint density at radius 1 is 0.769 bits per heavy atom. The van der Waals surface area contributed by atoms with Crippen molar-refractivity contribution in [2.24, 2.45) is 0 Å². The van der Waals surface area contributed by atoms with Crippen LogP contribution in [0.4, 0.5) is 4.39 Å². The molecule has 0 spiro atoms. The molecular weight excluding hydrogens is 509 g/mol. The minimum atomic E-state index is -0.219. The van der Waals surface area contributed by atoms with Gasteiger partial charge in [0.2, 0.25) is 0 Å². The first kappa shape index (κ1) is 26.2. The van der Waals surface area contributed by atoms with E-state index in [0.717, 1.165) is 60.7 Å². The van der Waals surface area contributed by atoms with Gasteiger partial charge in [0, 0.05) is 55.4 Å². The molecule has 0 aliphatic carbocycles. The van der Waals surface area contributed by atoms with Gasteiger partial charge in [-0.25, -0.2) is 4.39 Å². The number of benzene rings is 3. The van der Waals surface area contributed by atoms with Crippen LogP contribution in [0, 0.1) is 5.82 Å². The van der Waals surface area contributed by atoms with E-state index >= 15 is 0 Å². The van der Waals surface area contributed by atoms with Gasteiger partial charge in [-0.05, 0) is 66.9 Å². The molecule has 0 bridgehead atoms. The van der Waals surface area contributed by atoms with Crippen molar-refractivity contribution in [3.8, 4) is 22.4 Å². The Morgan fingerprint density at radius 2 is 1.41 bits per heavy atom. The van der Waals surface area contributed by atoms with Crippen molar-refractivity contribution in [2.45, 2.75) is 18.9 Å². The molecule has 1 N–H and O–H groups in total. The lowest BCUT2D eigenvalue weighted by atomic mass is 9.93. The molecule has 1 aromatic heterocycles. The van der Waals surface area contributed by atoms with Crippen LogP contribution in [-0.2, 0) is 0 Å². The lowest BCUT2D eigenvalue weighted by molar-refractivity contribution is 0.102. The Morgan fingerprint density at radius 3 is 2.08 bits per heavy atom. The summed E-state index contributed by atoms with van der Waals surface area (Å²) in [6, 6.07) is 23.4. The average Bonchev–Trinajstić information content (AvgIpc) is 3.67. The molecule has 1 atom stereocenters. The molecule has 39 heavy (non-hydrogen) atoms. The number of aromatic amines is 1. The van der Waals surface area contributed by atoms with Crippen molar-refractivity contribution in [1.82, 2.24) is 24.9 Å². The number of H-pyrrole nitrogens is 1. The fourth-order valence-corrected chi connectivity index (χ4v) is 6.19.